The summed E-state index contributed by atoms with van der Waals surface area (Å²) in [4.78, 5) is 19.7. The number of rotatable bonds is 2. The van der Waals surface area contributed by atoms with Crippen LogP contribution in [0.3, 0.4) is 0 Å². The molecule has 1 rings (SSSR count). The van der Waals surface area contributed by atoms with Crippen LogP contribution in [0.1, 0.15) is 0 Å². The van der Waals surface area contributed by atoms with E-state index < -0.39 is 11.8 Å². The smallest absolute Gasteiger partial charge is 0.241 e. The quantitative estimate of drug-likeness (QED) is 0.560. The number of halogens is 3. The van der Waals surface area contributed by atoms with Crippen LogP contribution in [0, 0.1) is 0 Å². The molecule has 0 atom stereocenters. The van der Waals surface area contributed by atoms with Crippen LogP contribution >= 0.6 is 47.8 Å². The summed E-state index contributed by atoms with van der Waals surface area (Å²) in [5.74, 6) is -1.35. The molecular weight excluding hydrogens is 420 g/mol. The number of nitrogens with two attached hydrogens (primary N) is 2. The molecule has 7 heteroatoms. The van der Waals surface area contributed by atoms with Crippen molar-refractivity contribution in [3.63, 3.8) is 0 Å². The Labute approximate surface area is 124 Å². The second-order valence-electron chi connectivity index (χ2n) is 2.67. The van der Waals surface area contributed by atoms with Gasteiger partial charge in [-0.25, -0.2) is 0 Å². The third kappa shape index (κ3) is 8.12. The van der Waals surface area contributed by atoms with E-state index in [9.17, 15) is 9.59 Å². The number of hydrogen-bond donors (Lipinski definition) is 2. The zero-order chi connectivity index (χ0) is 13.4. The van der Waals surface area contributed by atoms with E-state index in [2.05, 4.69) is 59.3 Å². The van der Waals surface area contributed by atoms with Crippen LogP contribution < -0.4 is 11.5 Å². The van der Waals surface area contributed by atoms with Crippen molar-refractivity contribution >= 4 is 59.6 Å². The van der Waals surface area contributed by atoms with Crippen LogP contribution in [0.4, 0.5) is 0 Å². The van der Waals surface area contributed by atoms with Gasteiger partial charge in [0.2, 0.25) is 11.8 Å². The zero-order valence-corrected chi connectivity index (χ0v) is 13.2. The minimum atomic E-state index is -0.677. The largest absolute Gasteiger partial charge is 0.366 e. The average molecular weight is 429 g/mol. The summed E-state index contributed by atoms with van der Waals surface area (Å²) in [6.45, 7) is 0. The minimum Gasteiger partial charge on any atom is -0.366 e. The van der Waals surface area contributed by atoms with Crippen LogP contribution in [0.5, 0.6) is 0 Å². The Bertz CT molecular complexity index is 411. The number of benzene rings is 1. The first-order valence-electron chi connectivity index (χ1n) is 4.21. The summed E-state index contributed by atoms with van der Waals surface area (Å²) in [6, 6.07) is 5.93. The van der Waals surface area contributed by atoms with E-state index in [1.54, 1.807) is 0 Å². The van der Waals surface area contributed by atoms with Crippen molar-refractivity contribution in [1.29, 1.82) is 0 Å². The predicted molar refractivity (Wildman–Crippen MR) is 77.1 cm³/mol. The monoisotopic (exact) mass is 426 g/mol. The molecule has 17 heavy (non-hydrogen) atoms. The Morgan fingerprint density at radius 1 is 0.941 bits per heavy atom. The lowest BCUT2D eigenvalue weighted by Crippen LogP contribution is -2.10. The third-order valence-electron chi connectivity index (χ3n) is 1.32. The molecule has 4 nitrogen and oxygen atoms in total. The fourth-order valence-electron chi connectivity index (χ4n) is 0.642. The van der Waals surface area contributed by atoms with Crippen molar-refractivity contribution in [2.45, 2.75) is 0 Å². The molecule has 0 aromatic heterocycles. The van der Waals surface area contributed by atoms with Gasteiger partial charge in [-0.15, -0.1) is 0 Å². The Kier molecular flexibility index (Phi) is 8.11. The lowest BCUT2D eigenvalue weighted by molar-refractivity contribution is -0.115. The highest BCUT2D eigenvalue weighted by Gasteiger charge is 1.97. The normalized spacial score (nSPS) is 9.59. The molecule has 0 spiro atoms. The molecule has 1 aromatic rings. The summed E-state index contributed by atoms with van der Waals surface area (Å²) < 4.78 is 3.19. The molecule has 0 aliphatic rings. The fraction of sp³-hybridized carbons (Fsp3) is 0. The van der Waals surface area contributed by atoms with E-state index in [1.807, 2.05) is 18.2 Å². The number of amides is 2. The molecule has 0 radical (unpaired) electrons. The van der Waals surface area contributed by atoms with Gasteiger partial charge >= 0.3 is 0 Å². The topological polar surface area (TPSA) is 86.2 Å². The van der Waals surface area contributed by atoms with E-state index in [1.165, 1.54) is 0 Å². The minimum absolute atomic E-state index is 0.677. The first kappa shape index (κ1) is 16.3. The Balaban J connectivity index is 0.000000304. The van der Waals surface area contributed by atoms with Gasteiger partial charge in [-0.1, -0.05) is 6.07 Å². The molecule has 0 aliphatic carbocycles. The second-order valence-corrected chi connectivity index (χ2v) is 5.18. The molecule has 92 valence electrons. The maximum atomic E-state index is 9.83. The van der Waals surface area contributed by atoms with E-state index >= 15 is 0 Å². The Hall–Kier alpha value is -0.660. The molecule has 0 saturated heterocycles. The van der Waals surface area contributed by atoms with Gasteiger partial charge in [-0.2, -0.15) is 0 Å². The van der Waals surface area contributed by atoms with Crippen LogP contribution in [0.25, 0.3) is 0 Å². The standard InChI is InChI=1S/C6H3Br3.C4H6N2O2/c7-4-2-1-3-5(8)6(4)9;5-3(7)1-2-4(6)8/h1-3H;1-2H,(H2,5,7)(H2,6,8)/b;2-1+. The summed E-state index contributed by atoms with van der Waals surface area (Å²) in [5, 5.41) is 0. The van der Waals surface area contributed by atoms with Gasteiger partial charge in [-0.05, 0) is 59.9 Å². The number of carbonyl (C=O) groups is 2. The SMILES string of the molecule is Brc1cccc(Br)c1Br.NC(=O)/C=C/C(N)=O. The van der Waals surface area contributed by atoms with Gasteiger partial charge in [-0.3, -0.25) is 9.59 Å². The lowest BCUT2D eigenvalue weighted by atomic mass is 10.4. The van der Waals surface area contributed by atoms with Crippen molar-refractivity contribution in [2.75, 3.05) is 0 Å². The molecule has 0 aliphatic heterocycles. The molecule has 0 heterocycles. The second kappa shape index (κ2) is 8.43. The van der Waals surface area contributed by atoms with Gasteiger partial charge in [0.25, 0.3) is 0 Å². The highest BCUT2D eigenvalue weighted by atomic mass is 79.9. The van der Waals surface area contributed by atoms with E-state index in [0.29, 0.717) is 0 Å². The van der Waals surface area contributed by atoms with Crippen molar-refractivity contribution in [3.8, 4) is 0 Å². The Morgan fingerprint density at radius 3 is 1.53 bits per heavy atom. The first-order chi connectivity index (χ1) is 7.84. The molecule has 0 fully saturated rings. The van der Waals surface area contributed by atoms with E-state index in [0.717, 1.165) is 25.6 Å². The van der Waals surface area contributed by atoms with Gasteiger partial charge in [0.1, 0.15) is 0 Å². The van der Waals surface area contributed by atoms with Gasteiger partial charge in [0, 0.05) is 25.6 Å². The lowest BCUT2D eigenvalue weighted by Gasteiger charge is -1.95. The van der Waals surface area contributed by atoms with Crippen LogP contribution in [0.2, 0.25) is 0 Å². The van der Waals surface area contributed by atoms with Crippen molar-refractivity contribution in [1.82, 2.24) is 0 Å². The highest BCUT2D eigenvalue weighted by molar-refractivity contribution is 9.14. The Morgan fingerprint density at radius 2 is 1.29 bits per heavy atom. The third-order valence-corrected chi connectivity index (χ3v) is 4.56. The molecule has 1 aromatic carbocycles. The van der Waals surface area contributed by atoms with Crippen molar-refractivity contribution in [3.05, 3.63) is 43.8 Å². The van der Waals surface area contributed by atoms with Gasteiger partial charge in [0.05, 0.1) is 0 Å². The maximum absolute atomic E-state index is 9.83. The summed E-state index contributed by atoms with van der Waals surface area (Å²) in [7, 11) is 0. The summed E-state index contributed by atoms with van der Waals surface area (Å²) in [5.41, 5.74) is 9.21. The van der Waals surface area contributed by atoms with Crippen molar-refractivity contribution in [2.24, 2.45) is 11.5 Å². The van der Waals surface area contributed by atoms with E-state index in [-0.39, 0.29) is 0 Å². The zero-order valence-electron chi connectivity index (χ0n) is 8.49. The van der Waals surface area contributed by atoms with Gasteiger partial charge in [0.15, 0.2) is 0 Å². The molecule has 2 amide bonds. The first-order valence-corrected chi connectivity index (χ1v) is 6.59. The number of primary amides is 2. The number of carbonyl (C=O) groups excluding carboxylic acids is 2. The molecule has 0 saturated carbocycles. The summed E-state index contributed by atoms with van der Waals surface area (Å²) >= 11 is 10.1. The summed E-state index contributed by atoms with van der Waals surface area (Å²) in [6.07, 6.45) is 1.81. The number of hydrogen-bond acceptors (Lipinski definition) is 2. The fourth-order valence-corrected chi connectivity index (χ4v) is 1.90. The van der Waals surface area contributed by atoms with Gasteiger partial charge < -0.3 is 11.5 Å². The maximum Gasteiger partial charge on any atom is 0.241 e. The molecule has 4 N–H and O–H groups in total. The van der Waals surface area contributed by atoms with Crippen molar-refractivity contribution < 1.29 is 9.59 Å². The van der Waals surface area contributed by atoms with E-state index in [4.69, 9.17) is 0 Å². The van der Waals surface area contributed by atoms with Crippen LogP contribution in [-0.2, 0) is 9.59 Å². The molecule has 0 unspecified atom stereocenters. The van der Waals surface area contributed by atoms with Crippen LogP contribution in [0.15, 0.2) is 43.8 Å². The average Bonchev–Trinajstić information content (AvgIpc) is 2.24. The highest BCUT2D eigenvalue weighted by Crippen LogP contribution is 2.29. The predicted octanol–water partition coefficient (Wildman–Crippen LogP) is 2.49. The molecular formula is C10H9Br3N2O2. The van der Waals surface area contributed by atoms with Crippen LogP contribution in [-0.4, -0.2) is 11.8 Å². The molecule has 0 bridgehead atoms.